The fourth-order valence-corrected chi connectivity index (χ4v) is 1.74. The normalized spacial score (nSPS) is 11.6. The molecule has 1 N–H and O–H groups in total. The van der Waals surface area contributed by atoms with Gasteiger partial charge >= 0.3 is 6.09 Å². The molecule has 0 aromatic carbocycles. The summed E-state index contributed by atoms with van der Waals surface area (Å²) in [5.41, 5.74) is 0.954. The van der Waals surface area contributed by atoms with Gasteiger partial charge in [-0.25, -0.2) is 14.2 Å². The lowest BCUT2D eigenvalue weighted by Gasteiger charge is -2.19. The highest BCUT2D eigenvalue weighted by Crippen LogP contribution is 2.08. The molecule has 0 spiro atoms. The Bertz CT molecular complexity index is 616. The van der Waals surface area contributed by atoms with E-state index in [-0.39, 0.29) is 5.82 Å². The maximum absolute atomic E-state index is 13.0. The van der Waals surface area contributed by atoms with Crippen molar-refractivity contribution < 1.29 is 13.9 Å². The maximum Gasteiger partial charge on any atom is 0.407 e. The number of ether oxygens (including phenoxy) is 1. The Balaban J connectivity index is 1.88. The molecule has 20 heavy (non-hydrogen) atoms. The summed E-state index contributed by atoms with van der Waals surface area (Å²) >= 11 is 0. The smallest absolute Gasteiger partial charge is 0.407 e. The second-order valence-corrected chi connectivity index (χ2v) is 5.52. The third-order valence-electron chi connectivity index (χ3n) is 2.51. The number of imidazole rings is 1. The number of hydrogen-bond acceptors (Lipinski definition) is 3. The van der Waals surface area contributed by atoms with Crippen LogP contribution in [0.2, 0.25) is 0 Å². The maximum atomic E-state index is 13.0. The molecule has 2 aromatic rings. The Morgan fingerprint density at radius 1 is 1.40 bits per heavy atom. The zero-order valence-corrected chi connectivity index (χ0v) is 11.8. The van der Waals surface area contributed by atoms with Crippen molar-refractivity contribution in [1.29, 1.82) is 0 Å². The second kappa shape index (κ2) is 5.48. The molecular weight excluding hydrogens is 261 g/mol. The largest absolute Gasteiger partial charge is 0.444 e. The standard InChI is InChI=1S/C14H18FN3O2/c1-14(2,3)20-13(19)16-7-6-11-9-18-8-10(15)4-5-12(18)17-11/h4-5,8-9H,6-7H2,1-3H3,(H,16,19). The Morgan fingerprint density at radius 3 is 2.85 bits per heavy atom. The molecule has 0 saturated carbocycles. The van der Waals surface area contributed by atoms with Gasteiger partial charge in [-0.3, -0.25) is 0 Å². The van der Waals surface area contributed by atoms with Gasteiger partial charge in [0.2, 0.25) is 0 Å². The van der Waals surface area contributed by atoms with Crippen molar-refractivity contribution in [3.05, 3.63) is 36.0 Å². The van der Waals surface area contributed by atoms with Gasteiger partial charge in [0.1, 0.15) is 17.1 Å². The number of nitrogens with one attached hydrogen (secondary N) is 1. The number of carbonyl (C=O) groups excluding carboxylic acids is 1. The summed E-state index contributed by atoms with van der Waals surface area (Å²) in [6, 6.07) is 2.98. The number of rotatable bonds is 3. The highest BCUT2D eigenvalue weighted by atomic mass is 19.1. The highest BCUT2D eigenvalue weighted by Gasteiger charge is 2.15. The predicted octanol–water partition coefficient (Wildman–Crippen LogP) is 2.54. The van der Waals surface area contributed by atoms with E-state index in [1.54, 1.807) is 16.7 Å². The molecule has 1 amide bonds. The molecule has 0 aliphatic heterocycles. The summed E-state index contributed by atoms with van der Waals surface area (Å²) < 4.78 is 19.8. The van der Waals surface area contributed by atoms with Crippen LogP contribution < -0.4 is 5.32 Å². The lowest BCUT2D eigenvalue weighted by molar-refractivity contribution is 0.0528. The van der Waals surface area contributed by atoms with Crippen LogP contribution in [0.1, 0.15) is 26.5 Å². The van der Waals surface area contributed by atoms with Crippen molar-refractivity contribution in [1.82, 2.24) is 14.7 Å². The van der Waals surface area contributed by atoms with E-state index in [1.807, 2.05) is 20.8 Å². The van der Waals surface area contributed by atoms with Crippen molar-refractivity contribution in [2.24, 2.45) is 0 Å². The monoisotopic (exact) mass is 279 g/mol. The van der Waals surface area contributed by atoms with Crippen LogP contribution in [0, 0.1) is 5.82 Å². The van der Waals surface area contributed by atoms with Gasteiger partial charge in [0, 0.05) is 25.4 Å². The molecule has 0 bridgehead atoms. The average Bonchev–Trinajstić information content (AvgIpc) is 2.68. The van der Waals surface area contributed by atoms with Crippen LogP contribution >= 0.6 is 0 Å². The Hall–Kier alpha value is -2.11. The summed E-state index contributed by atoms with van der Waals surface area (Å²) in [4.78, 5) is 15.8. The Morgan fingerprint density at radius 2 is 2.15 bits per heavy atom. The number of halogens is 1. The van der Waals surface area contributed by atoms with Crippen LogP contribution in [0.15, 0.2) is 24.5 Å². The minimum Gasteiger partial charge on any atom is -0.444 e. The molecule has 2 aromatic heterocycles. The summed E-state index contributed by atoms with van der Waals surface area (Å²) in [5.74, 6) is -0.312. The van der Waals surface area contributed by atoms with Gasteiger partial charge in [-0.05, 0) is 32.9 Å². The first-order chi connectivity index (χ1) is 9.33. The molecule has 2 rings (SSSR count). The van der Waals surface area contributed by atoms with Gasteiger partial charge in [-0.15, -0.1) is 0 Å². The topological polar surface area (TPSA) is 55.6 Å². The number of pyridine rings is 1. The van der Waals surface area contributed by atoms with Crippen molar-refractivity contribution in [3.8, 4) is 0 Å². The number of hydrogen-bond donors (Lipinski definition) is 1. The summed E-state index contributed by atoms with van der Waals surface area (Å²) in [7, 11) is 0. The lowest BCUT2D eigenvalue weighted by atomic mass is 10.2. The van der Waals surface area contributed by atoms with E-state index in [9.17, 15) is 9.18 Å². The zero-order chi connectivity index (χ0) is 14.8. The van der Waals surface area contributed by atoms with E-state index in [0.29, 0.717) is 18.6 Å². The van der Waals surface area contributed by atoms with Crippen molar-refractivity contribution in [2.75, 3.05) is 6.54 Å². The fourth-order valence-electron chi connectivity index (χ4n) is 1.74. The average molecular weight is 279 g/mol. The number of nitrogens with zero attached hydrogens (tertiary/aromatic N) is 2. The SMILES string of the molecule is CC(C)(C)OC(=O)NCCc1cn2cc(F)ccc2n1. The van der Waals surface area contributed by atoms with E-state index in [0.717, 1.165) is 5.69 Å². The Labute approximate surface area is 116 Å². The van der Waals surface area contributed by atoms with E-state index in [4.69, 9.17) is 4.74 Å². The van der Waals surface area contributed by atoms with Gasteiger partial charge in [0.05, 0.1) is 5.69 Å². The summed E-state index contributed by atoms with van der Waals surface area (Å²) in [6.45, 7) is 5.84. The van der Waals surface area contributed by atoms with Crippen LogP contribution in [0.3, 0.4) is 0 Å². The predicted molar refractivity (Wildman–Crippen MR) is 73.1 cm³/mol. The summed E-state index contributed by atoms with van der Waals surface area (Å²) in [6.07, 6.45) is 3.22. The third kappa shape index (κ3) is 3.94. The van der Waals surface area contributed by atoms with Crippen LogP contribution in [0.5, 0.6) is 0 Å². The van der Waals surface area contributed by atoms with E-state index in [2.05, 4.69) is 10.3 Å². The van der Waals surface area contributed by atoms with Crippen LogP contribution in [-0.4, -0.2) is 27.6 Å². The summed E-state index contributed by atoms with van der Waals surface area (Å²) in [5, 5.41) is 2.66. The number of alkyl carbamates (subject to hydrolysis) is 1. The first-order valence-corrected chi connectivity index (χ1v) is 6.43. The van der Waals surface area contributed by atoms with Crippen molar-refractivity contribution in [3.63, 3.8) is 0 Å². The third-order valence-corrected chi connectivity index (χ3v) is 2.51. The molecule has 0 fully saturated rings. The molecule has 108 valence electrons. The molecular formula is C14H18FN3O2. The van der Waals surface area contributed by atoms with Crippen molar-refractivity contribution in [2.45, 2.75) is 32.8 Å². The van der Waals surface area contributed by atoms with E-state index >= 15 is 0 Å². The molecule has 6 heteroatoms. The first-order valence-electron chi connectivity index (χ1n) is 6.43. The first kappa shape index (κ1) is 14.3. The van der Waals surface area contributed by atoms with Crippen LogP contribution in [0.25, 0.3) is 5.65 Å². The van der Waals surface area contributed by atoms with Gasteiger partial charge < -0.3 is 14.5 Å². The highest BCUT2D eigenvalue weighted by molar-refractivity contribution is 5.67. The number of aromatic nitrogens is 2. The minimum atomic E-state index is -0.509. The van der Waals surface area contributed by atoms with Gasteiger partial charge in [-0.2, -0.15) is 0 Å². The molecule has 0 aliphatic rings. The molecule has 0 aliphatic carbocycles. The molecule has 0 atom stereocenters. The minimum absolute atomic E-state index is 0.312. The molecule has 0 unspecified atom stereocenters. The zero-order valence-electron chi connectivity index (χ0n) is 11.8. The number of amides is 1. The van der Waals surface area contributed by atoms with Gasteiger partial charge in [0.15, 0.2) is 0 Å². The Kier molecular flexibility index (Phi) is 3.92. The van der Waals surface area contributed by atoms with Gasteiger partial charge in [0.25, 0.3) is 0 Å². The second-order valence-electron chi connectivity index (χ2n) is 5.52. The van der Waals surface area contributed by atoms with Crippen LogP contribution in [0.4, 0.5) is 9.18 Å². The molecule has 5 nitrogen and oxygen atoms in total. The number of fused-ring (bicyclic) bond motifs is 1. The van der Waals surface area contributed by atoms with E-state index < -0.39 is 11.7 Å². The molecule has 2 heterocycles. The number of carbonyl (C=O) groups is 1. The lowest BCUT2D eigenvalue weighted by Crippen LogP contribution is -2.33. The van der Waals surface area contributed by atoms with E-state index in [1.165, 1.54) is 12.3 Å². The van der Waals surface area contributed by atoms with Gasteiger partial charge in [-0.1, -0.05) is 0 Å². The molecule has 0 saturated heterocycles. The van der Waals surface area contributed by atoms with Crippen molar-refractivity contribution >= 4 is 11.7 Å². The quantitative estimate of drug-likeness (QED) is 0.939. The fraction of sp³-hybridized carbons (Fsp3) is 0.429. The molecule has 0 radical (unpaired) electrons. The van der Waals surface area contributed by atoms with Crippen LogP contribution in [-0.2, 0) is 11.2 Å².